The van der Waals surface area contributed by atoms with Gasteiger partial charge in [0.05, 0.1) is 36.4 Å². The van der Waals surface area contributed by atoms with E-state index in [0.717, 1.165) is 0 Å². The third-order valence-electron chi connectivity index (χ3n) is 6.18. The maximum atomic E-state index is 13.5. The molecule has 0 saturated heterocycles. The van der Waals surface area contributed by atoms with Gasteiger partial charge in [0.25, 0.3) is 17.7 Å². The van der Waals surface area contributed by atoms with E-state index in [0.29, 0.717) is 59.3 Å². The Hall–Kier alpha value is -4.33. The van der Waals surface area contributed by atoms with Crippen LogP contribution in [0.3, 0.4) is 0 Å². The molecule has 0 bridgehead atoms. The number of carbonyl (C=O) groups is 3. The van der Waals surface area contributed by atoms with E-state index in [9.17, 15) is 14.4 Å². The standard InChI is InChI=1S/C28H26N2O6/c1-3-34-23-13-12-18(15-30-27(32)20-8-4-5-9-21(20)28(30)33)14-22(23)26(31)29(2)16-19-17-35-24-10-6-7-11-25(24)36-19/h4-14,19H,3,15-17H2,1-2H3/t19-/m0/s1. The minimum Gasteiger partial charge on any atom is -0.493 e. The second-order valence-corrected chi connectivity index (χ2v) is 8.69. The fourth-order valence-electron chi connectivity index (χ4n) is 4.44. The van der Waals surface area contributed by atoms with Crippen LogP contribution in [0.5, 0.6) is 17.2 Å². The van der Waals surface area contributed by atoms with Crippen LogP contribution in [0.15, 0.2) is 66.7 Å². The molecule has 0 saturated carbocycles. The molecule has 0 unspecified atom stereocenters. The summed E-state index contributed by atoms with van der Waals surface area (Å²) in [5.41, 5.74) is 1.78. The topological polar surface area (TPSA) is 85.4 Å². The Balaban J connectivity index is 1.34. The summed E-state index contributed by atoms with van der Waals surface area (Å²) in [6.45, 7) is 2.92. The molecule has 2 aliphatic heterocycles. The second kappa shape index (κ2) is 9.73. The maximum Gasteiger partial charge on any atom is 0.261 e. The van der Waals surface area contributed by atoms with E-state index in [-0.39, 0.29) is 30.4 Å². The quantitative estimate of drug-likeness (QED) is 0.473. The van der Waals surface area contributed by atoms with E-state index in [4.69, 9.17) is 14.2 Å². The first-order valence-corrected chi connectivity index (χ1v) is 11.8. The molecule has 3 aromatic rings. The summed E-state index contributed by atoms with van der Waals surface area (Å²) in [6, 6.07) is 19.3. The Bertz CT molecular complexity index is 1300. The van der Waals surface area contributed by atoms with E-state index in [2.05, 4.69) is 0 Å². The number of nitrogens with zero attached hydrogens (tertiary/aromatic N) is 2. The van der Waals surface area contributed by atoms with Crippen molar-refractivity contribution >= 4 is 17.7 Å². The normalized spacial score (nSPS) is 16.1. The molecule has 2 aliphatic rings. The van der Waals surface area contributed by atoms with Crippen LogP contribution in [0.2, 0.25) is 0 Å². The molecule has 8 nitrogen and oxygen atoms in total. The van der Waals surface area contributed by atoms with Crippen molar-refractivity contribution in [2.24, 2.45) is 0 Å². The van der Waals surface area contributed by atoms with Crippen molar-refractivity contribution in [2.75, 3.05) is 26.8 Å². The van der Waals surface area contributed by atoms with E-state index in [1.165, 1.54) is 4.90 Å². The molecule has 5 rings (SSSR count). The summed E-state index contributed by atoms with van der Waals surface area (Å²) in [6.07, 6.45) is -0.328. The number of hydrogen-bond acceptors (Lipinski definition) is 6. The van der Waals surface area contributed by atoms with E-state index in [1.54, 1.807) is 54.4 Å². The predicted molar refractivity (Wildman–Crippen MR) is 132 cm³/mol. The molecule has 2 heterocycles. The first-order valence-electron chi connectivity index (χ1n) is 11.8. The zero-order valence-corrected chi connectivity index (χ0v) is 20.1. The zero-order valence-electron chi connectivity index (χ0n) is 20.1. The highest BCUT2D eigenvalue weighted by Crippen LogP contribution is 2.31. The zero-order chi connectivity index (χ0) is 25.2. The largest absolute Gasteiger partial charge is 0.493 e. The van der Waals surface area contributed by atoms with Gasteiger partial charge < -0.3 is 19.1 Å². The van der Waals surface area contributed by atoms with Crippen LogP contribution >= 0.6 is 0 Å². The highest BCUT2D eigenvalue weighted by molar-refractivity contribution is 6.21. The molecular weight excluding hydrogens is 460 g/mol. The van der Waals surface area contributed by atoms with Crippen LogP contribution in [0, 0.1) is 0 Å². The van der Waals surface area contributed by atoms with Crippen molar-refractivity contribution in [1.82, 2.24) is 9.80 Å². The van der Waals surface area contributed by atoms with Gasteiger partial charge in [-0.1, -0.05) is 30.3 Å². The molecule has 3 amide bonds. The Labute approximate surface area is 209 Å². The van der Waals surface area contributed by atoms with Gasteiger partial charge in [0.1, 0.15) is 12.4 Å². The lowest BCUT2D eigenvalue weighted by Crippen LogP contribution is -2.42. The number of likely N-dealkylation sites (N-methyl/N-ethyl adjacent to an activating group) is 1. The Morgan fingerprint density at radius 1 is 1.00 bits per heavy atom. The number of hydrogen-bond donors (Lipinski definition) is 0. The van der Waals surface area contributed by atoms with Gasteiger partial charge in [-0.25, -0.2) is 0 Å². The van der Waals surface area contributed by atoms with Gasteiger partial charge in [-0.3, -0.25) is 19.3 Å². The van der Waals surface area contributed by atoms with Crippen molar-refractivity contribution in [2.45, 2.75) is 19.6 Å². The van der Waals surface area contributed by atoms with Gasteiger partial charge in [0, 0.05) is 7.05 Å². The van der Waals surface area contributed by atoms with Crippen LogP contribution in [0.25, 0.3) is 0 Å². The minimum atomic E-state index is -0.343. The van der Waals surface area contributed by atoms with Crippen LogP contribution in [0.4, 0.5) is 0 Å². The maximum absolute atomic E-state index is 13.5. The van der Waals surface area contributed by atoms with Crippen molar-refractivity contribution in [3.63, 3.8) is 0 Å². The van der Waals surface area contributed by atoms with Crippen molar-refractivity contribution in [3.05, 3.63) is 89.0 Å². The van der Waals surface area contributed by atoms with Crippen molar-refractivity contribution < 1.29 is 28.6 Å². The lowest BCUT2D eigenvalue weighted by molar-refractivity contribution is 0.0518. The first-order chi connectivity index (χ1) is 17.5. The smallest absolute Gasteiger partial charge is 0.261 e. The lowest BCUT2D eigenvalue weighted by atomic mass is 10.1. The van der Waals surface area contributed by atoms with Gasteiger partial charge in [0.2, 0.25) is 0 Å². The summed E-state index contributed by atoms with van der Waals surface area (Å²) in [5, 5.41) is 0. The minimum absolute atomic E-state index is 0.0547. The summed E-state index contributed by atoms with van der Waals surface area (Å²) in [7, 11) is 1.69. The van der Waals surface area contributed by atoms with Gasteiger partial charge in [-0.2, -0.15) is 0 Å². The molecule has 8 heteroatoms. The highest BCUT2D eigenvalue weighted by atomic mass is 16.6. The van der Waals surface area contributed by atoms with Gasteiger partial charge in [-0.05, 0) is 48.9 Å². The molecule has 0 aromatic heterocycles. The average Bonchev–Trinajstić information content (AvgIpc) is 3.14. The van der Waals surface area contributed by atoms with Gasteiger partial charge in [0.15, 0.2) is 17.6 Å². The van der Waals surface area contributed by atoms with E-state index < -0.39 is 0 Å². The lowest BCUT2D eigenvalue weighted by Gasteiger charge is -2.30. The fourth-order valence-corrected chi connectivity index (χ4v) is 4.44. The summed E-state index contributed by atoms with van der Waals surface area (Å²) in [4.78, 5) is 41.8. The first kappa shape index (κ1) is 23.4. The average molecular weight is 487 g/mol. The van der Waals surface area contributed by atoms with Crippen LogP contribution in [-0.2, 0) is 6.54 Å². The Kier molecular flexibility index (Phi) is 6.33. The third-order valence-corrected chi connectivity index (χ3v) is 6.18. The SMILES string of the molecule is CCOc1ccc(CN2C(=O)c3ccccc3C2=O)cc1C(=O)N(C)C[C@H]1COc2ccccc2O1. The molecule has 0 aliphatic carbocycles. The van der Waals surface area contributed by atoms with Gasteiger partial charge in [-0.15, -0.1) is 0 Å². The number of ether oxygens (including phenoxy) is 3. The molecule has 0 radical (unpaired) electrons. The molecular formula is C28H26N2O6. The van der Waals surface area contributed by atoms with Crippen LogP contribution in [-0.4, -0.2) is 60.4 Å². The van der Waals surface area contributed by atoms with E-state index in [1.807, 2.05) is 31.2 Å². The molecule has 0 fully saturated rings. The Morgan fingerprint density at radius 3 is 2.36 bits per heavy atom. The summed E-state index contributed by atoms with van der Waals surface area (Å²) in [5.74, 6) is 0.819. The van der Waals surface area contributed by atoms with Crippen molar-refractivity contribution in [3.8, 4) is 17.2 Å². The van der Waals surface area contributed by atoms with Gasteiger partial charge >= 0.3 is 0 Å². The number of fused-ring (bicyclic) bond motifs is 2. The molecule has 0 N–H and O–H groups in total. The third kappa shape index (κ3) is 4.37. The Morgan fingerprint density at radius 2 is 1.67 bits per heavy atom. The molecule has 0 spiro atoms. The molecule has 1 atom stereocenters. The molecule has 3 aromatic carbocycles. The van der Waals surface area contributed by atoms with E-state index >= 15 is 0 Å². The van der Waals surface area contributed by atoms with Crippen molar-refractivity contribution in [1.29, 1.82) is 0 Å². The number of rotatable bonds is 7. The van der Waals surface area contributed by atoms with Crippen LogP contribution in [0.1, 0.15) is 43.6 Å². The number of amides is 3. The monoisotopic (exact) mass is 486 g/mol. The van der Waals surface area contributed by atoms with Crippen LogP contribution < -0.4 is 14.2 Å². The number of carbonyl (C=O) groups excluding carboxylic acids is 3. The highest BCUT2D eigenvalue weighted by Gasteiger charge is 2.35. The fraction of sp³-hybridized carbons (Fsp3) is 0.250. The number of benzene rings is 3. The molecule has 184 valence electrons. The molecule has 36 heavy (non-hydrogen) atoms. The summed E-state index contributed by atoms with van der Waals surface area (Å²) < 4.78 is 17.5. The number of para-hydroxylation sites is 2. The second-order valence-electron chi connectivity index (χ2n) is 8.69. The number of imide groups is 1. The summed E-state index contributed by atoms with van der Waals surface area (Å²) >= 11 is 0. The predicted octanol–water partition coefficient (Wildman–Crippen LogP) is 3.79.